The largest absolute Gasteiger partial charge is 0.357 e. The number of halogens is 1. The molecule has 1 aromatic rings. The fraction of sp³-hybridized carbons (Fsp3) is 0.571. The molecule has 0 aliphatic heterocycles. The summed E-state index contributed by atoms with van der Waals surface area (Å²) in [5.41, 5.74) is 0. The van der Waals surface area contributed by atoms with Crippen LogP contribution in [0.4, 0.5) is 11.9 Å². The standard InChI is InChI=1S/C7H12BrN5/c1-4(2)10-7-12-5(8)11-6(9-3)13-7/h4H,1-3H3,(H2,9,10,11,12,13). The molecule has 0 atom stereocenters. The number of aromatic nitrogens is 3. The van der Waals surface area contributed by atoms with Crippen molar-refractivity contribution in [2.75, 3.05) is 17.7 Å². The van der Waals surface area contributed by atoms with Crippen molar-refractivity contribution in [1.29, 1.82) is 0 Å². The van der Waals surface area contributed by atoms with Gasteiger partial charge in [0.15, 0.2) is 0 Å². The Bertz CT molecular complexity index is 288. The lowest BCUT2D eigenvalue weighted by molar-refractivity contribution is 0.862. The average Bonchev–Trinajstić information content (AvgIpc) is 2.01. The van der Waals surface area contributed by atoms with Crippen LogP contribution in [-0.4, -0.2) is 28.0 Å². The Kier molecular flexibility index (Phi) is 3.41. The molecule has 0 unspecified atom stereocenters. The molecule has 72 valence electrons. The molecule has 0 fully saturated rings. The summed E-state index contributed by atoms with van der Waals surface area (Å²) in [5.74, 6) is 1.12. The van der Waals surface area contributed by atoms with E-state index in [9.17, 15) is 0 Å². The highest BCUT2D eigenvalue weighted by Gasteiger charge is 2.03. The van der Waals surface area contributed by atoms with Gasteiger partial charge in [-0.25, -0.2) is 0 Å². The van der Waals surface area contributed by atoms with E-state index >= 15 is 0 Å². The van der Waals surface area contributed by atoms with Gasteiger partial charge in [0.05, 0.1) is 0 Å². The molecule has 0 spiro atoms. The van der Waals surface area contributed by atoms with Gasteiger partial charge in [-0.3, -0.25) is 0 Å². The van der Waals surface area contributed by atoms with Crippen molar-refractivity contribution in [3.8, 4) is 0 Å². The molecule has 0 aliphatic carbocycles. The zero-order valence-corrected chi connectivity index (χ0v) is 9.38. The molecule has 1 aromatic heterocycles. The van der Waals surface area contributed by atoms with Gasteiger partial charge in [0.2, 0.25) is 16.6 Å². The van der Waals surface area contributed by atoms with E-state index in [-0.39, 0.29) is 0 Å². The number of hydrogen-bond acceptors (Lipinski definition) is 5. The molecule has 0 saturated carbocycles. The minimum atomic E-state index is 0.305. The Hall–Kier alpha value is -0.910. The highest BCUT2D eigenvalue weighted by atomic mass is 79.9. The maximum atomic E-state index is 4.12. The van der Waals surface area contributed by atoms with Gasteiger partial charge in [-0.2, -0.15) is 15.0 Å². The second-order valence-corrected chi connectivity index (χ2v) is 3.51. The molecule has 0 bridgehead atoms. The molecule has 5 nitrogen and oxygen atoms in total. The van der Waals surface area contributed by atoms with Crippen LogP contribution in [0.1, 0.15) is 13.8 Å². The zero-order valence-electron chi connectivity index (χ0n) is 7.80. The minimum absolute atomic E-state index is 0.305. The Labute approximate surface area is 85.5 Å². The highest BCUT2D eigenvalue weighted by molar-refractivity contribution is 9.10. The molecule has 0 saturated heterocycles. The van der Waals surface area contributed by atoms with E-state index in [1.165, 1.54) is 0 Å². The van der Waals surface area contributed by atoms with Crippen molar-refractivity contribution in [1.82, 2.24) is 15.0 Å². The molecule has 0 aliphatic rings. The summed E-state index contributed by atoms with van der Waals surface area (Å²) in [7, 11) is 1.76. The fourth-order valence-corrected chi connectivity index (χ4v) is 1.12. The van der Waals surface area contributed by atoms with E-state index in [4.69, 9.17) is 0 Å². The van der Waals surface area contributed by atoms with Crippen molar-refractivity contribution in [3.05, 3.63) is 4.73 Å². The van der Waals surface area contributed by atoms with Crippen molar-refractivity contribution in [2.45, 2.75) is 19.9 Å². The molecule has 0 aromatic carbocycles. The molecule has 6 heteroatoms. The van der Waals surface area contributed by atoms with E-state index in [0.717, 1.165) is 0 Å². The van der Waals surface area contributed by atoms with Gasteiger partial charge in [0, 0.05) is 13.1 Å². The minimum Gasteiger partial charge on any atom is -0.357 e. The Morgan fingerprint density at radius 2 is 1.77 bits per heavy atom. The van der Waals surface area contributed by atoms with Crippen LogP contribution < -0.4 is 10.6 Å². The molecule has 2 N–H and O–H groups in total. The Morgan fingerprint density at radius 3 is 2.31 bits per heavy atom. The summed E-state index contributed by atoms with van der Waals surface area (Å²) >= 11 is 3.20. The topological polar surface area (TPSA) is 62.7 Å². The first kappa shape index (κ1) is 10.2. The van der Waals surface area contributed by atoms with Gasteiger partial charge in [0.25, 0.3) is 0 Å². The quantitative estimate of drug-likeness (QED) is 0.846. The highest BCUT2D eigenvalue weighted by Crippen LogP contribution is 2.10. The lowest BCUT2D eigenvalue weighted by Crippen LogP contribution is -2.14. The smallest absolute Gasteiger partial charge is 0.228 e. The monoisotopic (exact) mass is 245 g/mol. The maximum Gasteiger partial charge on any atom is 0.228 e. The average molecular weight is 246 g/mol. The zero-order chi connectivity index (χ0) is 9.84. The van der Waals surface area contributed by atoms with Crippen molar-refractivity contribution >= 4 is 27.8 Å². The van der Waals surface area contributed by atoms with Crippen LogP contribution in [0.3, 0.4) is 0 Å². The summed E-state index contributed by atoms with van der Waals surface area (Å²) in [5, 5.41) is 5.94. The van der Waals surface area contributed by atoms with Crippen LogP contribution in [0, 0.1) is 0 Å². The van der Waals surface area contributed by atoms with Crippen LogP contribution >= 0.6 is 15.9 Å². The van der Waals surface area contributed by atoms with Crippen LogP contribution in [0.5, 0.6) is 0 Å². The van der Waals surface area contributed by atoms with Gasteiger partial charge >= 0.3 is 0 Å². The summed E-state index contributed by atoms with van der Waals surface area (Å²) in [6.07, 6.45) is 0. The van der Waals surface area contributed by atoms with Gasteiger partial charge < -0.3 is 10.6 Å². The number of anilines is 2. The fourth-order valence-electron chi connectivity index (χ4n) is 0.785. The Balaban J connectivity index is 2.88. The van der Waals surface area contributed by atoms with E-state index in [1.54, 1.807) is 7.05 Å². The molecule has 13 heavy (non-hydrogen) atoms. The van der Waals surface area contributed by atoms with Crippen molar-refractivity contribution < 1.29 is 0 Å². The first-order chi connectivity index (χ1) is 6.11. The summed E-state index contributed by atoms with van der Waals surface area (Å²) in [4.78, 5) is 12.2. The maximum absolute atomic E-state index is 4.12. The van der Waals surface area contributed by atoms with Crippen LogP contribution in [0.15, 0.2) is 4.73 Å². The Morgan fingerprint density at radius 1 is 1.15 bits per heavy atom. The lowest BCUT2D eigenvalue weighted by atomic mass is 10.4. The first-order valence-electron chi connectivity index (χ1n) is 3.97. The van der Waals surface area contributed by atoms with Gasteiger partial charge in [-0.1, -0.05) is 0 Å². The molecule has 1 rings (SSSR count). The normalized spacial score (nSPS) is 10.2. The number of nitrogens with one attached hydrogen (secondary N) is 2. The molecule has 0 amide bonds. The third-order valence-electron chi connectivity index (χ3n) is 1.25. The number of nitrogens with zero attached hydrogens (tertiary/aromatic N) is 3. The third kappa shape index (κ3) is 3.14. The molecule has 1 heterocycles. The van der Waals surface area contributed by atoms with E-state index in [1.807, 2.05) is 13.8 Å². The molecule has 0 radical (unpaired) electrons. The van der Waals surface area contributed by atoms with E-state index in [2.05, 4.69) is 41.5 Å². The summed E-state index contributed by atoms with van der Waals surface area (Å²) in [6.45, 7) is 4.05. The summed E-state index contributed by atoms with van der Waals surface area (Å²) in [6, 6.07) is 0.305. The van der Waals surface area contributed by atoms with Crippen LogP contribution in [0.25, 0.3) is 0 Å². The van der Waals surface area contributed by atoms with Crippen molar-refractivity contribution in [3.63, 3.8) is 0 Å². The van der Waals surface area contributed by atoms with E-state index < -0.39 is 0 Å². The number of rotatable bonds is 3. The summed E-state index contributed by atoms with van der Waals surface area (Å²) < 4.78 is 0.523. The SMILES string of the molecule is CNc1nc(Br)nc(NC(C)C)n1. The van der Waals surface area contributed by atoms with Crippen molar-refractivity contribution in [2.24, 2.45) is 0 Å². The van der Waals surface area contributed by atoms with Gasteiger partial charge in [-0.05, 0) is 29.8 Å². The van der Waals surface area contributed by atoms with E-state index in [0.29, 0.717) is 22.7 Å². The first-order valence-corrected chi connectivity index (χ1v) is 4.77. The third-order valence-corrected chi connectivity index (χ3v) is 1.60. The molecular weight excluding hydrogens is 234 g/mol. The lowest BCUT2D eigenvalue weighted by Gasteiger charge is -2.08. The molecular formula is C7H12BrN5. The van der Waals surface area contributed by atoms with Gasteiger partial charge in [0.1, 0.15) is 0 Å². The second kappa shape index (κ2) is 4.36. The predicted octanol–water partition coefficient (Wildman–Crippen LogP) is 1.50. The van der Waals surface area contributed by atoms with Crippen LogP contribution in [-0.2, 0) is 0 Å². The number of hydrogen-bond donors (Lipinski definition) is 2. The predicted molar refractivity (Wildman–Crippen MR) is 55.8 cm³/mol. The van der Waals surface area contributed by atoms with Gasteiger partial charge in [-0.15, -0.1) is 0 Å². The van der Waals surface area contributed by atoms with Crippen LogP contribution in [0.2, 0.25) is 0 Å². The second-order valence-electron chi connectivity index (χ2n) is 2.80.